The highest BCUT2D eigenvalue weighted by atomic mass is 32.2. The number of carbonyl (C=O) groups excluding carboxylic acids is 2. The van der Waals surface area contributed by atoms with Crippen molar-refractivity contribution in [3.8, 4) is 0 Å². The van der Waals surface area contributed by atoms with E-state index in [0.717, 1.165) is 25.9 Å². The van der Waals surface area contributed by atoms with Crippen LogP contribution in [0.1, 0.15) is 46.0 Å². The van der Waals surface area contributed by atoms with E-state index < -0.39 is 15.1 Å². The predicted octanol–water partition coefficient (Wildman–Crippen LogP) is 0.996. The molecule has 0 spiro atoms. The third-order valence-electron chi connectivity index (χ3n) is 5.19. The minimum atomic E-state index is -3.11. The topological polar surface area (TPSA) is 86.8 Å². The summed E-state index contributed by atoms with van der Waals surface area (Å²) in [7, 11) is -3.11. The first-order valence-corrected chi connectivity index (χ1v) is 10.6. The van der Waals surface area contributed by atoms with E-state index in [0.29, 0.717) is 13.0 Å². The van der Waals surface area contributed by atoms with Gasteiger partial charge in [0, 0.05) is 38.6 Å². The molecule has 2 aliphatic heterocycles. The second kappa shape index (κ2) is 8.18. The highest BCUT2D eigenvalue weighted by molar-refractivity contribution is 7.92. The Hall–Kier alpha value is -1.31. The number of nitrogens with one attached hydrogen (secondary N) is 1. The van der Waals surface area contributed by atoms with Gasteiger partial charge in [-0.3, -0.25) is 4.79 Å². The van der Waals surface area contributed by atoms with Crippen LogP contribution in [0.15, 0.2) is 0 Å². The first-order chi connectivity index (χ1) is 11.3. The Labute approximate surface area is 144 Å². The molecule has 0 aromatic rings. The van der Waals surface area contributed by atoms with E-state index in [9.17, 15) is 18.0 Å². The summed E-state index contributed by atoms with van der Waals surface area (Å²) in [5.74, 6) is 0.0818. The van der Waals surface area contributed by atoms with Crippen LogP contribution in [0.3, 0.4) is 0 Å². The summed E-state index contributed by atoms with van der Waals surface area (Å²) in [6.07, 6.45) is 4.75. The number of urea groups is 1. The highest BCUT2D eigenvalue weighted by Gasteiger charge is 2.37. The minimum Gasteiger partial charge on any atom is -0.343 e. The summed E-state index contributed by atoms with van der Waals surface area (Å²) >= 11 is 0. The first kappa shape index (κ1) is 19.0. The SMILES string of the molecule is CC1C(C)S(=O)(=O)CCN1C(=O)NCCC(=O)N1CCCCCC1. The molecule has 2 fully saturated rings. The fourth-order valence-corrected chi connectivity index (χ4v) is 4.88. The van der Waals surface area contributed by atoms with Gasteiger partial charge in [0.25, 0.3) is 0 Å². The maximum absolute atomic E-state index is 12.3. The minimum absolute atomic E-state index is 0.00135. The number of nitrogens with zero attached hydrogens (tertiary/aromatic N) is 2. The zero-order chi connectivity index (χ0) is 17.7. The van der Waals surface area contributed by atoms with Crippen LogP contribution in [0.2, 0.25) is 0 Å². The molecule has 0 bridgehead atoms. The van der Waals surface area contributed by atoms with Crippen molar-refractivity contribution < 1.29 is 18.0 Å². The molecule has 0 radical (unpaired) electrons. The third kappa shape index (κ3) is 4.62. The van der Waals surface area contributed by atoms with E-state index >= 15 is 0 Å². The van der Waals surface area contributed by atoms with Crippen LogP contribution in [0, 0.1) is 0 Å². The molecule has 0 aromatic carbocycles. The van der Waals surface area contributed by atoms with Crippen molar-refractivity contribution in [3.63, 3.8) is 0 Å². The van der Waals surface area contributed by atoms with Crippen molar-refractivity contribution >= 4 is 21.8 Å². The maximum atomic E-state index is 12.3. The van der Waals surface area contributed by atoms with E-state index in [4.69, 9.17) is 0 Å². The number of hydrogen-bond donors (Lipinski definition) is 1. The summed E-state index contributed by atoms with van der Waals surface area (Å²) < 4.78 is 23.7. The predicted molar refractivity (Wildman–Crippen MR) is 92.5 cm³/mol. The molecule has 24 heavy (non-hydrogen) atoms. The van der Waals surface area contributed by atoms with Crippen LogP contribution in [0.5, 0.6) is 0 Å². The molecule has 8 heteroatoms. The Morgan fingerprint density at radius 1 is 1.04 bits per heavy atom. The van der Waals surface area contributed by atoms with Crippen LogP contribution in [0.4, 0.5) is 4.79 Å². The standard InChI is InChI=1S/C16H29N3O4S/c1-13-14(2)24(22,23)12-11-19(13)16(21)17-8-7-15(20)18-9-5-3-4-6-10-18/h13-14H,3-12H2,1-2H3,(H,17,21). The molecular formula is C16H29N3O4S. The number of sulfone groups is 1. The first-order valence-electron chi connectivity index (χ1n) is 8.87. The molecular weight excluding hydrogens is 330 g/mol. The summed E-state index contributed by atoms with van der Waals surface area (Å²) in [5.41, 5.74) is 0. The van der Waals surface area contributed by atoms with Crippen LogP contribution < -0.4 is 5.32 Å². The van der Waals surface area contributed by atoms with Gasteiger partial charge in [0.15, 0.2) is 9.84 Å². The van der Waals surface area contributed by atoms with Crippen molar-refractivity contribution in [2.75, 3.05) is 31.9 Å². The average molecular weight is 359 g/mol. The Bertz CT molecular complexity index is 556. The van der Waals surface area contributed by atoms with Gasteiger partial charge >= 0.3 is 6.03 Å². The Kier molecular flexibility index (Phi) is 6.48. The Balaban J connectivity index is 1.77. The second-order valence-corrected chi connectivity index (χ2v) is 9.26. The van der Waals surface area contributed by atoms with E-state index in [-0.39, 0.29) is 30.3 Å². The van der Waals surface area contributed by atoms with E-state index in [1.807, 2.05) is 4.90 Å². The van der Waals surface area contributed by atoms with Crippen LogP contribution in [0.25, 0.3) is 0 Å². The van der Waals surface area contributed by atoms with Crippen molar-refractivity contribution in [1.82, 2.24) is 15.1 Å². The zero-order valence-corrected chi connectivity index (χ0v) is 15.5. The quantitative estimate of drug-likeness (QED) is 0.814. The molecule has 2 saturated heterocycles. The number of likely N-dealkylation sites (tertiary alicyclic amines) is 1. The van der Waals surface area contributed by atoms with Gasteiger partial charge < -0.3 is 15.1 Å². The molecule has 2 atom stereocenters. The van der Waals surface area contributed by atoms with Gasteiger partial charge in [-0.25, -0.2) is 13.2 Å². The average Bonchev–Trinajstić information content (AvgIpc) is 2.82. The molecule has 2 heterocycles. The molecule has 138 valence electrons. The lowest BCUT2D eigenvalue weighted by Gasteiger charge is -2.37. The summed E-state index contributed by atoms with van der Waals surface area (Å²) in [5, 5.41) is 2.20. The third-order valence-corrected chi connectivity index (χ3v) is 7.47. The summed E-state index contributed by atoms with van der Waals surface area (Å²) in [4.78, 5) is 27.9. The molecule has 0 saturated carbocycles. The van der Waals surface area contributed by atoms with Crippen molar-refractivity contribution in [1.29, 1.82) is 0 Å². The van der Waals surface area contributed by atoms with Gasteiger partial charge in [-0.1, -0.05) is 12.8 Å². The van der Waals surface area contributed by atoms with Gasteiger partial charge in [0.1, 0.15) is 0 Å². The maximum Gasteiger partial charge on any atom is 0.317 e. The molecule has 0 aromatic heterocycles. The van der Waals surface area contributed by atoms with Gasteiger partial charge in [-0.15, -0.1) is 0 Å². The highest BCUT2D eigenvalue weighted by Crippen LogP contribution is 2.19. The van der Waals surface area contributed by atoms with Gasteiger partial charge in [-0.2, -0.15) is 0 Å². The van der Waals surface area contributed by atoms with Gasteiger partial charge in [0.2, 0.25) is 5.91 Å². The molecule has 3 amide bonds. The number of rotatable bonds is 3. The summed E-state index contributed by atoms with van der Waals surface area (Å²) in [6, 6.07) is -0.641. The Morgan fingerprint density at radius 3 is 2.29 bits per heavy atom. The monoisotopic (exact) mass is 359 g/mol. The van der Waals surface area contributed by atoms with Crippen LogP contribution in [-0.2, 0) is 14.6 Å². The second-order valence-electron chi connectivity index (χ2n) is 6.78. The zero-order valence-electron chi connectivity index (χ0n) is 14.7. The van der Waals surface area contributed by atoms with Gasteiger partial charge in [0.05, 0.1) is 11.0 Å². The molecule has 2 rings (SSSR count). The fraction of sp³-hybridized carbons (Fsp3) is 0.875. The van der Waals surface area contributed by atoms with Gasteiger partial charge in [-0.05, 0) is 26.7 Å². The summed E-state index contributed by atoms with van der Waals surface area (Å²) in [6.45, 7) is 5.51. The van der Waals surface area contributed by atoms with E-state index in [1.165, 1.54) is 12.8 Å². The van der Waals surface area contributed by atoms with Crippen LogP contribution in [-0.4, -0.2) is 73.4 Å². The molecule has 2 aliphatic rings. The molecule has 0 aliphatic carbocycles. The van der Waals surface area contributed by atoms with E-state index in [2.05, 4.69) is 5.32 Å². The number of amides is 3. The fourth-order valence-electron chi connectivity index (χ4n) is 3.31. The van der Waals surface area contributed by atoms with E-state index in [1.54, 1.807) is 18.7 Å². The largest absolute Gasteiger partial charge is 0.343 e. The lowest BCUT2D eigenvalue weighted by Crippen LogP contribution is -2.57. The van der Waals surface area contributed by atoms with Crippen molar-refractivity contribution in [2.24, 2.45) is 0 Å². The number of carbonyl (C=O) groups is 2. The molecule has 2 unspecified atom stereocenters. The normalized spacial score (nSPS) is 27.4. The Morgan fingerprint density at radius 2 is 1.67 bits per heavy atom. The molecule has 1 N–H and O–H groups in total. The lowest BCUT2D eigenvalue weighted by atomic mass is 10.2. The van der Waals surface area contributed by atoms with Crippen molar-refractivity contribution in [3.05, 3.63) is 0 Å². The number of hydrogen-bond acceptors (Lipinski definition) is 4. The molecule has 7 nitrogen and oxygen atoms in total. The van der Waals surface area contributed by atoms with Crippen molar-refractivity contribution in [2.45, 2.75) is 57.2 Å². The lowest BCUT2D eigenvalue weighted by molar-refractivity contribution is -0.131. The smallest absolute Gasteiger partial charge is 0.317 e. The van der Waals surface area contributed by atoms with Crippen LogP contribution >= 0.6 is 0 Å².